The summed E-state index contributed by atoms with van der Waals surface area (Å²) in [4.78, 5) is 22.2. The van der Waals surface area contributed by atoms with E-state index in [9.17, 15) is 14.9 Å². The molecule has 4 heteroatoms. The molecule has 1 saturated carbocycles. The quantitative estimate of drug-likeness (QED) is 0.592. The fourth-order valence-corrected chi connectivity index (χ4v) is 2.59. The first kappa shape index (κ1) is 11.8. The van der Waals surface area contributed by atoms with Gasteiger partial charge in [-0.15, -0.1) is 0 Å². The van der Waals surface area contributed by atoms with E-state index < -0.39 is 0 Å². The topological polar surface area (TPSA) is 60.2 Å². The maximum absolute atomic E-state index is 11.7. The van der Waals surface area contributed by atoms with E-state index in [1.807, 2.05) is 30.3 Å². The Hall–Kier alpha value is -1.71. The zero-order valence-electron chi connectivity index (χ0n) is 9.54. The summed E-state index contributed by atoms with van der Waals surface area (Å²) in [7, 11) is 0. The van der Waals surface area contributed by atoms with Crippen LogP contribution in [0.1, 0.15) is 30.7 Å². The van der Waals surface area contributed by atoms with Crippen LogP contribution in [0.25, 0.3) is 0 Å². The van der Waals surface area contributed by atoms with Gasteiger partial charge in [-0.3, -0.25) is 14.9 Å². The van der Waals surface area contributed by atoms with Gasteiger partial charge in [0.05, 0.1) is 5.92 Å². The number of Topliss-reactive ketones (excluding diaryl/α,β-unsaturated/α-hetero) is 1. The molecule has 1 aromatic carbocycles. The molecular formula is C13H15NO3. The van der Waals surface area contributed by atoms with Crippen molar-refractivity contribution in [2.24, 2.45) is 5.92 Å². The number of ketones is 1. The molecule has 0 bridgehead atoms. The molecule has 0 amide bonds. The van der Waals surface area contributed by atoms with E-state index in [0.717, 1.165) is 18.4 Å². The maximum atomic E-state index is 11.7. The fraction of sp³-hybridized carbons (Fsp3) is 0.462. The summed E-state index contributed by atoms with van der Waals surface area (Å²) in [5.41, 5.74) is 0.907. The van der Waals surface area contributed by atoms with Crippen molar-refractivity contribution >= 4 is 5.78 Å². The molecule has 1 aromatic rings. The Morgan fingerprint density at radius 2 is 2.06 bits per heavy atom. The van der Waals surface area contributed by atoms with Crippen LogP contribution in [0, 0.1) is 16.0 Å². The Morgan fingerprint density at radius 3 is 2.59 bits per heavy atom. The second-order valence-electron chi connectivity index (χ2n) is 4.50. The number of carbonyl (C=O) groups is 1. The molecule has 0 radical (unpaired) electrons. The van der Waals surface area contributed by atoms with Gasteiger partial charge in [-0.05, 0) is 18.4 Å². The van der Waals surface area contributed by atoms with Gasteiger partial charge in [-0.1, -0.05) is 30.3 Å². The van der Waals surface area contributed by atoms with Gasteiger partial charge in [-0.2, -0.15) is 0 Å². The van der Waals surface area contributed by atoms with Gasteiger partial charge >= 0.3 is 0 Å². The van der Waals surface area contributed by atoms with Crippen LogP contribution in [0.4, 0.5) is 0 Å². The van der Waals surface area contributed by atoms with Crippen LogP contribution in [-0.4, -0.2) is 17.3 Å². The van der Waals surface area contributed by atoms with Crippen molar-refractivity contribution in [3.63, 3.8) is 0 Å². The van der Waals surface area contributed by atoms with Crippen LogP contribution < -0.4 is 0 Å². The zero-order valence-corrected chi connectivity index (χ0v) is 9.54. The average Bonchev–Trinajstić information content (AvgIpc) is 2.73. The third kappa shape index (κ3) is 2.70. The van der Waals surface area contributed by atoms with Gasteiger partial charge in [0, 0.05) is 17.3 Å². The number of benzene rings is 1. The molecule has 0 saturated heterocycles. The molecule has 90 valence electrons. The molecule has 1 aliphatic rings. The summed E-state index contributed by atoms with van der Waals surface area (Å²) >= 11 is 0. The number of hydrogen-bond donors (Lipinski definition) is 0. The van der Waals surface area contributed by atoms with Crippen LogP contribution >= 0.6 is 0 Å². The highest BCUT2D eigenvalue weighted by atomic mass is 16.6. The third-order valence-electron chi connectivity index (χ3n) is 3.41. The summed E-state index contributed by atoms with van der Waals surface area (Å²) < 4.78 is 0. The van der Waals surface area contributed by atoms with Crippen molar-refractivity contribution in [2.45, 2.75) is 25.2 Å². The minimum atomic E-state index is -0.316. The average molecular weight is 233 g/mol. The Balaban J connectivity index is 2.25. The standard InChI is InChI=1S/C13H15NO3/c15-13-8-4-7-11(13)12(9-14(16)17)10-5-2-1-3-6-10/h1-3,5-6,11-12H,4,7-9H2/t11-,12-/m1/s1. The molecule has 0 heterocycles. The monoisotopic (exact) mass is 233 g/mol. The Morgan fingerprint density at radius 1 is 1.35 bits per heavy atom. The number of rotatable bonds is 4. The van der Waals surface area contributed by atoms with Crippen molar-refractivity contribution < 1.29 is 9.72 Å². The molecule has 2 atom stereocenters. The second-order valence-corrected chi connectivity index (χ2v) is 4.50. The van der Waals surface area contributed by atoms with E-state index >= 15 is 0 Å². The lowest BCUT2D eigenvalue weighted by Crippen LogP contribution is -2.24. The number of nitro groups is 1. The summed E-state index contributed by atoms with van der Waals surface area (Å²) in [5, 5.41) is 10.7. The van der Waals surface area contributed by atoms with Crippen molar-refractivity contribution in [3.8, 4) is 0 Å². The van der Waals surface area contributed by atoms with Crippen LogP contribution in [-0.2, 0) is 4.79 Å². The maximum Gasteiger partial charge on any atom is 0.211 e. The number of carbonyl (C=O) groups excluding carboxylic acids is 1. The molecule has 0 spiro atoms. The van der Waals surface area contributed by atoms with Crippen LogP contribution in [0.5, 0.6) is 0 Å². The van der Waals surface area contributed by atoms with Crippen molar-refractivity contribution in [1.29, 1.82) is 0 Å². The first-order chi connectivity index (χ1) is 8.18. The highest BCUT2D eigenvalue weighted by Gasteiger charge is 2.35. The van der Waals surface area contributed by atoms with Gasteiger partial charge in [0.15, 0.2) is 0 Å². The van der Waals surface area contributed by atoms with Gasteiger partial charge in [0.2, 0.25) is 6.54 Å². The van der Waals surface area contributed by atoms with E-state index in [1.165, 1.54) is 0 Å². The number of nitrogens with zero attached hydrogens (tertiary/aromatic N) is 1. The molecule has 17 heavy (non-hydrogen) atoms. The lowest BCUT2D eigenvalue weighted by molar-refractivity contribution is -0.484. The van der Waals surface area contributed by atoms with E-state index in [0.29, 0.717) is 6.42 Å². The summed E-state index contributed by atoms with van der Waals surface area (Å²) in [6, 6.07) is 9.35. The van der Waals surface area contributed by atoms with E-state index in [2.05, 4.69) is 0 Å². The SMILES string of the molecule is O=C1CCC[C@@H]1[C@H](C[N+](=O)[O-])c1ccccc1. The molecule has 1 fully saturated rings. The van der Waals surface area contributed by atoms with E-state index in [-0.39, 0.29) is 29.1 Å². The number of hydrogen-bond acceptors (Lipinski definition) is 3. The first-order valence-corrected chi connectivity index (χ1v) is 5.88. The minimum absolute atomic E-state index is 0.152. The largest absolute Gasteiger partial charge is 0.299 e. The predicted octanol–water partition coefficient (Wildman–Crippen LogP) is 2.42. The van der Waals surface area contributed by atoms with Crippen LogP contribution in [0.3, 0.4) is 0 Å². The van der Waals surface area contributed by atoms with Crippen molar-refractivity contribution in [3.05, 3.63) is 46.0 Å². The van der Waals surface area contributed by atoms with Crippen molar-refractivity contribution in [2.75, 3.05) is 6.54 Å². The molecule has 0 N–H and O–H groups in total. The third-order valence-corrected chi connectivity index (χ3v) is 3.41. The van der Waals surface area contributed by atoms with Crippen LogP contribution in [0.15, 0.2) is 30.3 Å². The Bertz CT molecular complexity index is 416. The van der Waals surface area contributed by atoms with Gasteiger partial charge < -0.3 is 0 Å². The zero-order chi connectivity index (χ0) is 12.3. The normalized spacial score (nSPS) is 21.4. The minimum Gasteiger partial charge on any atom is -0.299 e. The fourth-order valence-electron chi connectivity index (χ4n) is 2.59. The van der Waals surface area contributed by atoms with Gasteiger partial charge in [-0.25, -0.2) is 0 Å². The van der Waals surface area contributed by atoms with Gasteiger partial charge in [0.25, 0.3) is 0 Å². The first-order valence-electron chi connectivity index (χ1n) is 5.88. The van der Waals surface area contributed by atoms with Gasteiger partial charge in [0.1, 0.15) is 5.78 Å². The van der Waals surface area contributed by atoms with E-state index in [1.54, 1.807) is 0 Å². The molecule has 2 rings (SSSR count). The highest BCUT2D eigenvalue weighted by Crippen LogP contribution is 2.35. The molecule has 1 aliphatic carbocycles. The molecule has 0 aliphatic heterocycles. The highest BCUT2D eigenvalue weighted by molar-refractivity contribution is 5.83. The van der Waals surface area contributed by atoms with E-state index in [4.69, 9.17) is 0 Å². The van der Waals surface area contributed by atoms with Crippen molar-refractivity contribution in [1.82, 2.24) is 0 Å². The molecule has 0 aromatic heterocycles. The smallest absolute Gasteiger partial charge is 0.211 e. The predicted molar refractivity (Wildman–Crippen MR) is 63.4 cm³/mol. The Kier molecular flexibility index (Phi) is 3.52. The van der Waals surface area contributed by atoms with Crippen LogP contribution in [0.2, 0.25) is 0 Å². The lowest BCUT2D eigenvalue weighted by atomic mass is 9.84. The molecule has 4 nitrogen and oxygen atoms in total. The summed E-state index contributed by atoms with van der Waals surface area (Å²) in [5.74, 6) is -0.246. The Labute approximate surface area is 99.8 Å². The summed E-state index contributed by atoms with van der Waals surface area (Å²) in [6.07, 6.45) is 2.22. The lowest BCUT2D eigenvalue weighted by Gasteiger charge is -2.18. The molecule has 0 unspecified atom stereocenters. The summed E-state index contributed by atoms with van der Waals surface area (Å²) in [6.45, 7) is -0.152. The second kappa shape index (κ2) is 5.08. The molecular weight excluding hydrogens is 218 g/mol.